The van der Waals surface area contributed by atoms with E-state index < -0.39 is 0 Å². The lowest BCUT2D eigenvalue weighted by Crippen LogP contribution is -2.52. The minimum atomic E-state index is -0.162. The van der Waals surface area contributed by atoms with Gasteiger partial charge in [-0.2, -0.15) is 0 Å². The van der Waals surface area contributed by atoms with Gasteiger partial charge < -0.3 is 9.80 Å². The summed E-state index contributed by atoms with van der Waals surface area (Å²) in [6.45, 7) is 6.57. The van der Waals surface area contributed by atoms with Crippen molar-refractivity contribution in [3.05, 3.63) is 46.8 Å². The van der Waals surface area contributed by atoms with Crippen molar-refractivity contribution in [1.82, 2.24) is 24.8 Å². The van der Waals surface area contributed by atoms with E-state index in [-0.39, 0.29) is 17.7 Å². The molecule has 154 valence electrons. The van der Waals surface area contributed by atoms with Gasteiger partial charge in [-0.1, -0.05) is 31.2 Å². The van der Waals surface area contributed by atoms with Crippen molar-refractivity contribution >= 4 is 11.8 Å². The van der Waals surface area contributed by atoms with Gasteiger partial charge in [-0.05, 0) is 42.9 Å². The predicted molar refractivity (Wildman–Crippen MR) is 110 cm³/mol. The summed E-state index contributed by atoms with van der Waals surface area (Å²) in [7, 11) is 1.86. The maximum absolute atomic E-state index is 13.2. The maximum atomic E-state index is 13.2. The van der Waals surface area contributed by atoms with E-state index in [1.165, 1.54) is 5.56 Å². The van der Waals surface area contributed by atoms with Gasteiger partial charge in [-0.25, -0.2) is 0 Å². The fourth-order valence-electron chi connectivity index (χ4n) is 4.41. The zero-order valence-corrected chi connectivity index (χ0v) is 17.5. The third-order valence-corrected chi connectivity index (χ3v) is 6.18. The molecule has 1 saturated heterocycles. The Labute approximate surface area is 171 Å². The molecule has 2 amide bonds. The second-order valence-corrected chi connectivity index (χ2v) is 8.38. The largest absolute Gasteiger partial charge is 0.339 e. The molecule has 1 aromatic carbocycles. The molecule has 7 nitrogen and oxygen atoms in total. The first-order valence-electron chi connectivity index (χ1n) is 10.5. The summed E-state index contributed by atoms with van der Waals surface area (Å²) in [5.41, 5.74) is 3.86. The van der Waals surface area contributed by atoms with Crippen molar-refractivity contribution in [3.63, 3.8) is 0 Å². The average molecular weight is 396 g/mol. The summed E-state index contributed by atoms with van der Waals surface area (Å²) in [5, 5.41) is 8.31. The fourth-order valence-corrected chi connectivity index (χ4v) is 4.41. The van der Waals surface area contributed by atoms with Crippen molar-refractivity contribution in [2.45, 2.75) is 44.9 Å². The number of hydrogen-bond acceptors (Lipinski definition) is 4. The van der Waals surface area contributed by atoms with Crippen LogP contribution in [0.25, 0.3) is 0 Å². The van der Waals surface area contributed by atoms with E-state index in [1.54, 1.807) is 4.68 Å². The van der Waals surface area contributed by atoms with Crippen LogP contribution >= 0.6 is 0 Å². The van der Waals surface area contributed by atoms with E-state index in [2.05, 4.69) is 24.2 Å². The number of aryl methyl sites for hydroxylation is 2. The van der Waals surface area contributed by atoms with E-state index in [4.69, 9.17) is 0 Å². The molecule has 2 aliphatic rings. The molecular weight excluding hydrogens is 366 g/mol. The first-order chi connectivity index (χ1) is 14.0. The number of piperazine rings is 1. The van der Waals surface area contributed by atoms with Crippen LogP contribution < -0.4 is 0 Å². The molecule has 0 radical (unpaired) electrons. The molecular formula is C22H29N5O2. The van der Waals surface area contributed by atoms with Gasteiger partial charge >= 0.3 is 0 Å². The van der Waals surface area contributed by atoms with Crippen LogP contribution in [0.2, 0.25) is 0 Å². The lowest BCUT2D eigenvalue weighted by Gasteiger charge is -2.37. The molecule has 1 fully saturated rings. The molecule has 0 N–H and O–H groups in total. The maximum Gasteiger partial charge on any atom is 0.253 e. The quantitative estimate of drug-likeness (QED) is 0.800. The van der Waals surface area contributed by atoms with E-state index in [0.29, 0.717) is 37.7 Å². The Morgan fingerprint density at radius 1 is 1.03 bits per heavy atom. The summed E-state index contributed by atoms with van der Waals surface area (Å²) >= 11 is 0. The summed E-state index contributed by atoms with van der Waals surface area (Å²) in [6.07, 6.45) is 2.70. The minimum absolute atomic E-state index is 0.0446. The monoisotopic (exact) mass is 395 g/mol. The van der Waals surface area contributed by atoms with Gasteiger partial charge in [0.15, 0.2) is 0 Å². The first kappa shape index (κ1) is 19.6. The van der Waals surface area contributed by atoms with Crippen molar-refractivity contribution in [2.24, 2.45) is 7.05 Å². The molecule has 1 atom stereocenters. The number of amides is 2. The van der Waals surface area contributed by atoms with Gasteiger partial charge in [0.1, 0.15) is 0 Å². The minimum Gasteiger partial charge on any atom is -0.339 e. The van der Waals surface area contributed by atoms with Crippen LogP contribution in [-0.4, -0.2) is 62.8 Å². The first-order valence-corrected chi connectivity index (χ1v) is 10.5. The van der Waals surface area contributed by atoms with E-state index in [9.17, 15) is 9.59 Å². The topological polar surface area (TPSA) is 71.3 Å². The van der Waals surface area contributed by atoms with Crippen LogP contribution in [0.15, 0.2) is 24.3 Å². The summed E-state index contributed by atoms with van der Waals surface area (Å²) in [5.74, 6) is 0.473. The SMILES string of the molecule is CC(C)c1ccc(C(=O)N2CCN(C(=O)C3CCCc4nnn(C)c43)CC2)cc1. The van der Waals surface area contributed by atoms with Gasteiger partial charge in [0.25, 0.3) is 5.91 Å². The fraction of sp³-hybridized carbons (Fsp3) is 0.545. The molecule has 1 aliphatic carbocycles. The number of benzene rings is 1. The Hall–Kier alpha value is -2.70. The van der Waals surface area contributed by atoms with Gasteiger partial charge in [-0.3, -0.25) is 14.3 Å². The van der Waals surface area contributed by atoms with Crippen LogP contribution in [0.3, 0.4) is 0 Å². The van der Waals surface area contributed by atoms with E-state index in [0.717, 1.165) is 30.7 Å². The summed E-state index contributed by atoms with van der Waals surface area (Å²) < 4.78 is 1.75. The Bertz CT molecular complexity index is 894. The molecule has 2 aromatic rings. The molecule has 29 heavy (non-hydrogen) atoms. The number of rotatable bonds is 3. The van der Waals surface area contributed by atoms with Crippen molar-refractivity contribution in [3.8, 4) is 0 Å². The number of hydrogen-bond donors (Lipinski definition) is 0. The van der Waals surface area contributed by atoms with Crippen LogP contribution in [0.5, 0.6) is 0 Å². The number of nitrogens with zero attached hydrogens (tertiary/aromatic N) is 5. The number of aromatic nitrogens is 3. The van der Waals surface area contributed by atoms with E-state index in [1.807, 2.05) is 41.1 Å². The Balaban J connectivity index is 1.39. The van der Waals surface area contributed by atoms with Crippen LogP contribution in [0.4, 0.5) is 0 Å². The smallest absolute Gasteiger partial charge is 0.253 e. The van der Waals surface area contributed by atoms with Crippen molar-refractivity contribution in [2.75, 3.05) is 26.2 Å². The zero-order valence-electron chi connectivity index (χ0n) is 17.5. The Morgan fingerprint density at radius 3 is 2.34 bits per heavy atom. The van der Waals surface area contributed by atoms with Crippen LogP contribution in [-0.2, 0) is 18.3 Å². The highest BCUT2D eigenvalue weighted by Gasteiger charge is 2.35. The number of fused-ring (bicyclic) bond motifs is 1. The highest BCUT2D eigenvalue weighted by Crippen LogP contribution is 2.31. The van der Waals surface area contributed by atoms with Gasteiger partial charge in [0, 0.05) is 38.8 Å². The van der Waals surface area contributed by atoms with Gasteiger partial charge in [0.2, 0.25) is 5.91 Å². The zero-order chi connectivity index (χ0) is 20.5. The Kier molecular flexibility index (Phi) is 5.39. The van der Waals surface area contributed by atoms with Gasteiger partial charge in [-0.15, -0.1) is 5.10 Å². The molecule has 1 unspecified atom stereocenters. The highest BCUT2D eigenvalue weighted by atomic mass is 16.2. The normalized spacial score (nSPS) is 19.4. The second kappa shape index (κ2) is 7.97. The third-order valence-electron chi connectivity index (χ3n) is 6.18. The standard InChI is InChI=1S/C22H29N5O2/c1-15(2)16-7-9-17(10-8-16)21(28)26-11-13-27(14-12-26)22(29)18-5-4-6-19-20(18)25(3)24-23-19/h7-10,15,18H,4-6,11-14H2,1-3H3. The van der Waals surface area contributed by atoms with Crippen molar-refractivity contribution < 1.29 is 9.59 Å². The highest BCUT2D eigenvalue weighted by molar-refractivity contribution is 5.94. The molecule has 7 heteroatoms. The molecule has 1 aromatic heterocycles. The average Bonchev–Trinajstić information content (AvgIpc) is 3.14. The van der Waals surface area contributed by atoms with Crippen LogP contribution in [0, 0.1) is 0 Å². The second-order valence-electron chi connectivity index (χ2n) is 8.38. The molecule has 0 saturated carbocycles. The van der Waals surface area contributed by atoms with E-state index >= 15 is 0 Å². The molecule has 4 rings (SSSR count). The molecule has 1 aliphatic heterocycles. The predicted octanol–water partition coefficient (Wildman–Crippen LogP) is 2.34. The lowest BCUT2D eigenvalue weighted by molar-refractivity contribution is -0.134. The third kappa shape index (κ3) is 3.78. The number of carbonyl (C=O) groups is 2. The molecule has 0 spiro atoms. The van der Waals surface area contributed by atoms with Crippen molar-refractivity contribution in [1.29, 1.82) is 0 Å². The van der Waals surface area contributed by atoms with Gasteiger partial charge in [0.05, 0.1) is 17.3 Å². The summed E-state index contributed by atoms with van der Waals surface area (Å²) in [6, 6.07) is 7.88. The lowest BCUT2D eigenvalue weighted by atomic mass is 9.88. The Morgan fingerprint density at radius 2 is 1.69 bits per heavy atom. The molecule has 2 heterocycles. The summed E-state index contributed by atoms with van der Waals surface area (Å²) in [4.78, 5) is 29.8. The molecule has 0 bridgehead atoms. The number of carbonyl (C=O) groups excluding carboxylic acids is 2. The van der Waals surface area contributed by atoms with Crippen LogP contribution in [0.1, 0.15) is 65.8 Å².